The number of carbonyl (C=O) groups excluding carboxylic acids is 2. The molecule has 0 N–H and O–H groups in total. The van der Waals surface area contributed by atoms with Crippen LogP contribution in [0.5, 0.6) is 11.5 Å². The average molecular weight is 364 g/mol. The van der Waals surface area contributed by atoms with E-state index in [0.29, 0.717) is 30.2 Å². The van der Waals surface area contributed by atoms with E-state index >= 15 is 0 Å². The number of thioether (sulfide) groups is 1. The van der Waals surface area contributed by atoms with Crippen LogP contribution in [-0.2, 0) is 16.1 Å². The zero-order chi connectivity index (χ0) is 18.2. The summed E-state index contributed by atoms with van der Waals surface area (Å²) in [7, 11) is 4.97. The lowest BCUT2D eigenvalue weighted by Crippen LogP contribution is -2.50. The van der Waals surface area contributed by atoms with Gasteiger partial charge in [-0.2, -0.15) is 0 Å². The average Bonchev–Trinajstić information content (AvgIpc) is 3.10. The molecule has 6 nitrogen and oxygen atoms in total. The molecule has 1 aromatic carbocycles. The summed E-state index contributed by atoms with van der Waals surface area (Å²) in [6.45, 7) is 2.48. The van der Waals surface area contributed by atoms with Gasteiger partial charge in [0.05, 0.1) is 19.1 Å². The van der Waals surface area contributed by atoms with Gasteiger partial charge in [0, 0.05) is 37.4 Å². The molecule has 2 amide bonds. The number of hydrogen-bond donors (Lipinski definition) is 0. The van der Waals surface area contributed by atoms with Crippen LogP contribution < -0.4 is 9.47 Å². The molecule has 3 rings (SSSR count). The summed E-state index contributed by atoms with van der Waals surface area (Å²) < 4.78 is 10.6. The molecule has 136 valence electrons. The molecule has 0 aliphatic carbocycles. The maximum atomic E-state index is 13.0. The lowest BCUT2D eigenvalue weighted by atomic mass is 10.1. The molecular formula is C18H24N2O4S. The van der Waals surface area contributed by atoms with Gasteiger partial charge < -0.3 is 19.3 Å². The van der Waals surface area contributed by atoms with E-state index < -0.39 is 0 Å². The largest absolute Gasteiger partial charge is 0.497 e. The Morgan fingerprint density at radius 2 is 2.16 bits per heavy atom. The molecule has 2 fully saturated rings. The van der Waals surface area contributed by atoms with Crippen LogP contribution in [0, 0.1) is 0 Å². The predicted octanol–water partition coefficient (Wildman–Crippen LogP) is 2.12. The Bertz CT molecular complexity index is 696. The summed E-state index contributed by atoms with van der Waals surface area (Å²) in [4.78, 5) is 28.4. The van der Waals surface area contributed by atoms with Crippen molar-refractivity contribution in [2.24, 2.45) is 0 Å². The molecule has 25 heavy (non-hydrogen) atoms. The highest BCUT2D eigenvalue weighted by molar-refractivity contribution is 8.01. The molecule has 0 spiro atoms. The van der Waals surface area contributed by atoms with Crippen molar-refractivity contribution >= 4 is 23.6 Å². The zero-order valence-corrected chi connectivity index (χ0v) is 15.9. The fraction of sp³-hybridized carbons (Fsp3) is 0.556. The van der Waals surface area contributed by atoms with E-state index in [1.807, 2.05) is 12.1 Å². The van der Waals surface area contributed by atoms with Crippen molar-refractivity contribution in [3.8, 4) is 11.5 Å². The zero-order valence-electron chi connectivity index (χ0n) is 15.1. The second-order valence-electron chi connectivity index (χ2n) is 6.64. The molecule has 1 aromatic rings. The molecule has 0 radical (unpaired) electrons. The first-order valence-corrected chi connectivity index (χ1v) is 9.30. The van der Waals surface area contributed by atoms with Crippen LogP contribution in [-0.4, -0.2) is 59.5 Å². The van der Waals surface area contributed by atoms with Crippen molar-refractivity contribution in [3.63, 3.8) is 0 Å². The smallest absolute Gasteiger partial charge is 0.246 e. The van der Waals surface area contributed by atoms with Crippen molar-refractivity contribution in [3.05, 3.63) is 23.8 Å². The maximum Gasteiger partial charge on any atom is 0.246 e. The number of methoxy groups -OCH3 is 2. The maximum absolute atomic E-state index is 13.0. The first-order chi connectivity index (χ1) is 11.9. The second kappa shape index (κ2) is 6.78. The van der Waals surface area contributed by atoms with Crippen LogP contribution in [0.4, 0.5) is 0 Å². The minimum absolute atomic E-state index is 0.0238. The lowest BCUT2D eigenvalue weighted by molar-refractivity contribution is -0.143. The van der Waals surface area contributed by atoms with Crippen LogP contribution in [0.3, 0.4) is 0 Å². The summed E-state index contributed by atoms with van der Waals surface area (Å²) in [6, 6.07) is 5.18. The fourth-order valence-corrected chi connectivity index (χ4v) is 5.00. The third kappa shape index (κ3) is 3.17. The molecule has 2 atom stereocenters. The number of likely N-dealkylation sites (N-methyl/N-ethyl adjacent to an activating group) is 1. The number of rotatable bonds is 5. The summed E-state index contributed by atoms with van der Waals surface area (Å²) in [6.07, 6.45) is 1.35. The normalized spacial score (nSPS) is 25.0. The molecule has 0 unspecified atom stereocenters. The number of benzene rings is 1. The molecule has 2 heterocycles. The van der Waals surface area contributed by atoms with Gasteiger partial charge in [-0.3, -0.25) is 9.59 Å². The summed E-state index contributed by atoms with van der Waals surface area (Å²) in [5, 5.41) is 0. The Balaban J connectivity index is 1.74. The summed E-state index contributed by atoms with van der Waals surface area (Å²) >= 11 is 1.71. The number of nitrogens with zero attached hydrogens (tertiary/aromatic N) is 2. The first-order valence-electron chi connectivity index (χ1n) is 8.31. The van der Waals surface area contributed by atoms with E-state index in [0.717, 1.165) is 12.0 Å². The predicted molar refractivity (Wildman–Crippen MR) is 96.8 cm³/mol. The molecule has 2 aliphatic rings. The molecule has 2 aliphatic heterocycles. The van der Waals surface area contributed by atoms with E-state index in [1.54, 1.807) is 48.9 Å². The second-order valence-corrected chi connectivity index (χ2v) is 8.14. The van der Waals surface area contributed by atoms with E-state index in [1.165, 1.54) is 0 Å². The van der Waals surface area contributed by atoms with Crippen LogP contribution >= 0.6 is 11.8 Å². The van der Waals surface area contributed by atoms with E-state index in [4.69, 9.17) is 9.47 Å². The van der Waals surface area contributed by atoms with E-state index in [2.05, 4.69) is 6.92 Å². The minimum atomic E-state index is -0.376. The van der Waals surface area contributed by atoms with Gasteiger partial charge in [0.15, 0.2) is 0 Å². The number of carbonyl (C=O) groups is 2. The standard InChI is InChI=1S/C18H24N2O4S/c1-18-8-7-16(21)20(18)14(11-25-18)17(22)19(2)10-12-5-6-13(23-3)9-15(12)24-4/h5-6,9,14H,7-8,10-11H2,1-4H3/t14-,18-/m1/s1. The third-order valence-electron chi connectivity index (χ3n) is 5.01. The minimum Gasteiger partial charge on any atom is -0.497 e. The van der Waals surface area contributed by atoms with Crippen molar-refractivity contribution in [2.45, 2.75) is 37.2 Å². The molecule has 0 aromatic heterocycles. The lowest BCUT2D eigenvalue weighted by Gasteiger charge is -2.32. The third-order valence-corrected chi connectivity index (χ3v) is 6.51. The van der Waals surface area contributed by atoms with Gasteiger partial charge in [0.2, 0.25) is 11.8 Å². The van der Waals surface area contributed by atoms with Crippen LogP contribution in [0.15, 0.2) is 18.2 Å². The molecule has 0 bridgehead atoms. The Morgan fingerprint density at radius 3 is 2.84 bits per heavy atom. The Hall–Kier alpha value is -1.89. The number of ether oxygens (including phenoxy) is 2. The Morgan fingerprint density at radius 1 is 1.40 bits per heavy atom. The summed E-state index contributed by atoms with van der Waals surface area (Å²) in [5.74, 6) is 2.11. The molecule has 0 saturated carbocycles. The van der Waals surface area contributed by atoms with Gasteiger partial charge in [0.25, 0.3) is 0 Å². The van der Waals surface area contributed by atoms with Gasteiger partial charge in [-0.25, -0.2) is 0 Å². The molecule has 7 heteroatoms. The molecular weight excluding hydrogens is 340 g/mol. The highest BCUT2D eigenvalue weighted by Gasteiger charge is 2.53. The van der Waals surface area contributed by atoms with Gasteiger partial charge in [-0.05, 0) is 25.5 Å². The van der Waals surface area contributed by atoms with Gasteiger partial charge in [-0.15, -0.1) is 11.8 Å². The summed E-state index contributed by atoms with van der Waals surface area (Å²) in [5.41, 5.74) is 0.903. The molecule has 2 saturated heterocycles. The number of hydrogen-bond acceptors (Lipinski definition) is 5. The Labute approximate surface area is 152 Å². The van der Waals surface area contributed by atoms with E-state index in [-0.39, 0.29) is 22.7 Å². The highest BCUT2D eigenvalue weighted by atomic mass is 32.2. The van der Waals surface area contributed by atoms with Crippen LogP contribution in [0.2, 0.25) is 0 Å². The SMILES string of the molecule is COc1ccc(CN(C)C(=O)[C@H]2CS[C@]3(C)CCC(=O)N23)c(OC)c1. The quantitative estimate of drug-likeness (QED) is 0.801. The van der Waals surface area contributed by atoms with E-state index in [9.17, 15) is 9.59 Å². The monoisotopic (exact) mass is 364 g/mol. The van der Waals surface area contributed by atoms with Gasteiger partial charge >= 0.3 is 0 Å². The van der Waals surface area contributed by atoms with Crippen LogP contribution in [0.25, 0.3) is 0 Å². The number of amides is 2. The number of fused-ring (bicyclic) bond motifs is 1. The highest BCUT2D eigenvalue weighted by Crippen LogP contribution is 2.47. The van der Waals surface area contributed by atoms with Crippen LogP contribution in [0.1, 0.15) is 25.3 Å². The first kappa shape index (κ1) is 17.9. The topological polar surface area (TPSA) is 59.1 Å². The van der Waals surface area contributed by atoms with Crippen molar-refractivity contribution < 1.29 is 19.1 Å². The van der Waals surface area contributed by atoms with Crippen molar-refractivity contribution in [1.29, 1.82) is 0 Å². The van der Waals surface area contributed by atoms with Gasteiger partial charge in [0.1, 0.15) is 17.5 Å². The Kier molecular flexibility index (Phi) is 4.86. The van der Waals surface area contributed by atoms with Gasteiger partial charge in [-0.1, -0.05) is 0 Å². The van der Waals surface area contributed by atoms with Crippen molar-refractivity contribution in [2.75, 3.05) is 27.0 Å². The van der Waals surface area contributed by atoms with Crippen molar-refractivity contribution in [1.82, 2.24) is 9.80 Å². The fourth-order valence-electron chi connectivity index (χ4n) is 3.57.